The minimum absolute atomic E-state index is 0.0519. The van der Waals surface area contributed by atoms with Crippen molar-refractivity contribution >= 4 is 22.7 Å². The molecule has 0 radical (unpaired) electrons. The Morgan fingerprint density at radius 1 is 1.14 bits per heavy atom. The predicted molar refractivity (Wildman–Crippen MR) is 136 cm³/mol. The van der Waals surface area contributed by atoms with Crippen LogP contribution >= 0.6 is 0 Å². The van der Waals surface area contributed by atoms with E-state index in [4.69, 9.17) is 14.5 Å². The van der Waals surface area contributed by atoms with Gasteiger partial charge in [0, 0.05) is 35.7 Å². The normalized spacial score (nSPS) is 16.7. The molecule has 1 aromatic heterocycles. The fourth-order valence-corrected chi connectivity index (χ4v) is 5.05. The van der Waals surface area contributed by atoms with Crippen LogP contribution in [0.2, 0.25) is 0 Å². The number of ether oxygens (including phenoxy) is 2. The first-order valence-corrected chi connectivity index (χ1v) is 12.3. The van der Waals surface area contributed by atoms with E-state index in [1.165, 1.54) is 48.1 Å². The van der Waals surface area contributed by atoms with Crippen LogP contribution in [0, 0.1) is 6.92 Å². The van der Waals surface area contributed by atoms with Gasteiger partial charge in [0.1, 0.15) is 11.6 Å². The van der Waals surface area contributed by atoms with Crippen molar-refractivity contribution < 1.29 is 14.3 Å². The van der Waals surface area contributed by atoms with E-state index in [1.807, 2.05) is 6.07 Å². The summed E-state index contributed by atoms with van der Waals surface area (Å²) in [6.07, 6.45) is 2.77. The second kappa shape index (κ2) is 8.77. The van der Waals surface area contributed by atoms with Crippen molar-refractivity contribution in [2.75, 3.05) is 19.0 Å². The molecule has 1 atom stereocenters. The van der Waals surface area contributed by atoms with Crippen LogP contribution in [0.15, 0.2) is 60.7 Å². The van der Waals surface area contributed by atoms with Crippen molar-refractivity contribution in [2.24, 2.45) is 0 Å². The van der Waals surface area contributed by atoms with Gasteiger partial charge < -0.3 is 14.8 Å². The van der Waals surface area contributed by atoms with Crippen molar-refractivity contribution in [2.45, 2.75) is 44.6 Å². The Bertz CT molecular complexity index is 1420. The molecule has 1 aliphatic carbocycles. The summed E-state index contributed by atoms with van der Waals surface area (Å²) in [4.78, 5) is 16.7. The number of rotatable bonds is 7. The van der Waals surface area contributed by atoms with E-state index < -0.39 is 0 Å². The predicted octanol–water partition coefficient (Wildman–Crippen LogP) is 5.86. The smallest absolute Gasteiger partial charge is 0.306 e. The summed E-state index contributed by atoms with van der Waals surface area (Å²) in [5, 5.41) is 3.56. The Balaban J connectivity index is 1.25. The van der Waals surface area contributed by atoms with E-state index in [9.17, 15) is 4.79 Å². The van der Waals surface area contributed by atoms with Gasteiger partial charge in [-0.1, -0.05) is 30.3 Å². The number of methoxy groups -OCH3 is 1. The van der Waals surface area contributed by atoms with E-state index in [0.29, 0.717) is 25.5 Å². The molecule has 6 heteroatoms. The Morgan fingerprint density at radius 2 is 2.00 bits per heavy atom. The first-order chi connectivity index (χ1) is 17.1. The molecule has 6 rings (SSSR count). The molecule has 0 bridgehead atoms. The van der Waals surface area contributed by atoms with Gasteiger partial charge in [-0.25, -0.2) is 4.98 Å². The fourth-order valence-electron chi connectivity index (χ4n) is 5.05. The lowest BCUT2D eigenvalue weighted by molar-refractivity contribution is -0.141. The maximum atomic E-state index is 11.7. The van der Waals surface area contributed by atoms with E-state index in [1.54, 1.807) is 0 Å². The Kier molecular flexibility index (Phi) is 5.44. The summed E-state index contributed by atoms with van der Waals surface area (Å²) in [5.74, 6) is 2.42. The molecular formula is C29H29N3O3. The van der Waals surface area contributed by atoms with Crippen molar-refractivity contribution in [1.29, 1.82) is 0 Å². The van der Waals surface area contributed by atoms with E-state index in [2.05, 4.69) is 71.4 Å². The van der Waals surface area contributed by atoms with Crippen LogP contribution in [0.25, 0.3) is 16.7 Å². The number of nitrogens with one attached hydrogen (secondary N) is 1. The Labute approximate surface area is 204 Å². The molecule has 1 saturated carbocycles. The number of esters is 1. The molecule has 3 aromatic carbocycles. The highest BCUT2D eigenvalue weighted by Crippen LogP contribution is 2.42. The minimum Gasteiger partial charge on any atom is -0.493 e. The summed E-state index contributed by atoms with van der Waals surface area (Å²) in [6, 6.07) is 21.1. The Hall–Kier alpha value is -3.80. The monoisotopic (exact) mass is 467 g/mol. The second-order valence-corrected chi connectivity index (χ2v) is 9.52. The second-order valence-electron chi connectivity index (χ2n) is 9.52. The molecule has 178 valence electrons. The van der Waals surface area contributed by atoms with Gasteiger partial charge in [0.2, 0.25) is 0 Å². The van der Waals surface area contributed by atoms with Gasteiger partial charge in [0.15, 0.2) is 0 Å². The molecular weight excluding hydrogens is 438 g/mol. The highest BCUT2D eigenvalue weighted by atomic mass is 16.5. The number of carbonyl (C=O) groups is 1. The minimum atomic E-state index is -0.209. The maximum Gasteiger partial charge on any atom is 0.306 e. The largest absolute Gasteiger partial charge is 0.493 e. The number of benzene rings is 3. The summed E-state index contributed by atoms with van der Waals surface area (Å²) < 4.78 is 13.0. The summed E-state index contributed by atoms with van der Waals surface area (Å²) >= 11 is 0. The number of fused-ring (bicyclic) bond motifs is 2. The summed E-state index contributed by atoms with van der Waals surface area (Å²) in [5.41, 5.74) is 7.98. The average molecular weight is 468 g/mol. The van der Waals surface area contributed by atoms with Crippen LogP contribution in [0.3, 0.4) is 0 Å². The summed E-state index contributed by atoms with van der Waals surface area (Å²) in [7, 11) is 1.42. The van der Waals surface area contributed by atoms with Crippen LogP contribution in [-0.2, 0) is 16.1 Å². The zero-order chi connectivity index (χ0) is 23.9. The van der Waals surface area contributed by atoms with Gasteiger partial charge >= 0.3 is 5.97 Å². The molecule has 1 unspecified atom stereocenters. The third-order valence-electron chi connectivity index (χ3n) is 7.20. The van der Waals surface area contributed by atoms with Crippen molar-refractivity contribution in [3.05, 3.63) is 83.2 Å². The number of aromatic nitrogens is 2. The molecule has 2 aliphatic rings. The number of hydrogen-bond donors (Lipinski definition) is 1. The maximum absolute atomic E-state index is 11.7. The number of nitrogens with zero attached hydrogens (tertiary/aromatic N) is 2. The molecule has 1 N–H and O–H groups in total. The molecule has 0 spiro atoms. The van der Waals surface area contributed by atoms with Gasteiger partial charge in [-0.05, 0) is 55.2 Å². The van der Waals surface area contributed by atoms with Crippen molar-refractivity contribution in [1.82, 2.24) is 9.55 Å². The van der Waals surface area contributed by atoms with Gasteiger partial charge in [-0.15, -0.1) is 0 Å². The zero-order valence-electron chi connectivity index (χ0n) is 20.1. The number of anilines is 1. The van der Waals surface area contributed by atoms with E-state index in [0.717, 1.165) is 22.5 Å². The molecule has 4 aromatic rings. The van der Waals surface area contributed by atoms with E-state index in [-0.39, 0.29) is 11.9 Å². The van der Waals surface area contributed by atoms with E-state index >= 15 is 0 Å². The molecule has 35 heavy (non-hydrogen) atoms. The van der Waals surface area contributed by atoms with Crippen LogP contribution in [-0.4, -0.2) is 29.2 Å². The van der Waals surface area contributed by atoms with Crippen LogP contribution in [0.5, 0.6) is 5.75 Å². The SMILES string of the molecule is COC(=O)CC1COc2cc(NCc3cccc(-n4c(C5CC5)nc5ccccc54)c3C)ccc21. The molecule has 6 nitrogen and oxygen atoms in total. The number of hydrogen-bond acceptors (Lipinski definition) is 5. The fraction of sp³-hybridized carbons (Fsp3) is 0.310. The average Bonchev–Trinajstić information content (AvgIpc) is 3.55. The lowest BCUT2D eigenvalue weighted by atomic mass is 9.97. The Morgan fingerprint density at radius 3 is 2.83 bits per heavy atom. The van der Waals surface area contributed by atoms with Crippen LogP contribution in [0.4, 0.5) is 5.69 Å². The van der Waals surface area contributed by atoms with Gasteiger partial charge in [0.25, 0.3) is 0 Å². The lowest BCUT2D eigenvalue weighted by Gasteiger charge is -2.16. The standard InChI is InChI=1S/C29H29N3O3/c1-18-20(16-30-22-12-13-23-21(14-28(33)34-2)17-35-27(23)15-22)6-5-9-25(18)32-26-8-4-3-7-24(26)31-29(32)19-10-11-19/h3-9,12-13,15,19,21,30H,10-11,14,16-17H2,1-2H3. The van der Waals surface area contributed by atoms with Gasteiger partial charge in [0.05, 0.1) is 36.9 Å². The van der Waals surface area contributed by atoms with Crippen LogP contribution < -0.4 is 10.1 Å². The highest BCUT2D eigenvalue weighted by molar-refractivity contribution is 5.79. The van der Waals surface area contributed by atoms with Gasteiger partial charge in [-0.3, -0.25) is 9.36 Å². The van der Waals surface area contributed by atoms with Crippen molar-refractivity contribution in [3.63, 3.8) is 0 Å². The molecule has 0 saturated heterocycles. The quantitative estimate of drug-likeness (QED) is 0.345. The number of imidazole rings is 1. The molecule has 2 heterocycles. The first-order valence-electron chi connectivity index (χ1n) is 12.3. The van der Waals surface area contributed by atoms with Crippen molar-refractivity contribution in [3.8, 4) is 11.4 Å². The third kappa shape index (κ3) is 4.03. The molecule has 1 fully saturated rings. The highest BCUT2D eigenvalue weighted by Gasteiger charge is 2.30. The lowest BCUT2D eigenvalue weighted by Crippen LogP contribution is -2.09. The molecule has 1 aliphatic heterocycles. The first kappa shape index (κ1) is 21.7. The number of para-hydroxylation sites is 2. The zero-order valence-corrected chi connectivity index (χ0v) is 20.1. The summed E-state index contributed by atoms with van der Waals surface area (Å²) in [6.45, 7) is 3.41. The van der Waals surface area contributed by atoms with Gasteiger partial charge in [-0.2, -0.15) is 0 Å². The molecule has 0 amide bonds. The third-order valence-corrected chi connectivity index (χ3v) is 7.20. The number of carbonyl (C=O) groups excluding carboxylic acids is 1. The van der Waals surface area contributed by atoms with Crippen LogP contribution in [0.1, 0.15) is 53.6 Å². The topological polar surface area (TPSA) is 65.4 Å².